The molecule has 0 saturated carbocycles. The molecule has 0 unspecified atom stereocenters. The molecular weight excluding hydrogens is 450 g/mol. The zero-order valence-corrected chi connectivity index (χ0v) is 20.7. The van der Waals surface area contributed by atoms with Crippen molar-refractivity contribution in [1.29, 1.82) is 0 Å². The number of aryl methyl sites for hydroxylation is 1. The molecule has 0 aliphatic carbocycles. The average molecular weight is 480 g/mol. The largest absolute Gasteiger partial charge is 0.353 e. The lowest BCUT2D eigenvalue weighted by molar-refractivity contribution is 0.586. The second kappa shape index (κ2) is 9.16. The molecule has 2 aromatic carbocycles. The topological polar surface area (TPSA) is 96.7 Å². The Kier molecular flexibility index (Phi) is 5.69. The van der Waals surface area contributed by atoms with Crippen molar-refractivity contribution in [3.63, 3.8) is 0 Å². The number of piperazine rings is 1. The summed E-state index contributed by atoms with van der Waals surface area (Å²) in [5.74, 6) is 1.90. The Balaban J connectivity index is 1.30. The van der Waals surface area contributed by atoms with Gasteiger partial charge in [0, 0.05) is 67.1 Å². The molecule has 1 aliphatic heterocycles. The highest BCUT2D eigenvalue weighted by Crippen LogP contribution is 2.30. The van der Waals surface area contributed by atoms with Crippen molar-refractivity contribution in [2.75, 3.05) is 36.4 Å². The van der Waals surface area contributed by atoms with Crippen LogP contribution in [0, 0.1) is 0 Å². The van der Waals surface area contributed by atoms with Crippen LogP contribution in [0.4, 0.5) is 17.5 Å². The summed E-state index contributed by atoms with van der Waals surface area (Å²) in [6.07, 6.45) is 3.42. The molecule has 4 heterocycles. The van der Waals surface area contributed by atoms with Crippen molar-refractivity contribution in [2.24, 2.45) is 7.05 Å². The second-order valence-corrected chi connectivity index (χ2v) is 9.45. The zero-order valence-electron chi connectivity index (χ0n) is 20.7. The van der Waals surface area contributed by atoms with Crippen LogP contribution < -0.4 is 15.5 Å². The summed E-state index contributed by atoms with van der Waals surface area (Å²) in [6, 6.07) is 14.4. The van der Waals surface area contributed by atoms with Gasteiger partial charge in [-0.25, -0.2) is 19.9 Å². The van der Waals surface area contributed by atoms with Gasteiger partial charge in [-0.3, -0.25) is 4.68 Å². The van der Waals surface area contributed by atoms with Gasteiger partial charge in [-0.2, -0.15) is 5.10 Å². The maximum Gasteiger partial charge on any atom is 0.227 e. The predicted molar refractivity (Wildman–Crippen MR) is 144 cm³/mol. The van der Waals surface area contributed by atoms with Gasteiger partial charge in [0.25, 0.3) is 0 Å². The maximum atomic E-state index is 4.80. The molecule has 0 radical (unpaired) electrons. The van der Waals surface area contributed by atoms with Crippen LogP contribution in [0.2, 0.25) is 0 Å². The Morgan fingerprint density at radius 3 is 2.61 bits per heavy atom. The standard InChI is InChI=1S/C27H29N9/c1-17(2)25-21-14-18(4-7-23(21)34-35(25)3)22-8-9-29-27(33-22)32-19-5-6-20-24(15-19)30-16-31-26(20)36-12-10-28-11-13-36/h4-9,14-17,28H,10-13H2,1-3H3,(H,29,32,33). The quantitative estimate of drug-likeness (QED) is 0.386. The number of benzene rings is 2. The average Bonchev–Trinajstić information content (AvgIpc) is 3.24. The van der Waals surface area contributed by atoms with Crippen molar-refractivity contribution < 1.29 is 0 Å². The van der Waals surface area contributed by atoms with Gasteiger partial charge in [-0.05, 0) is 42.3 Å². The van der Waals surface area contributed by atoms with Crippen LogP contribution in [0.1, 0.15) is 25.5 Å². The number of rotatable bonds is 5. The minimum absolute atomic E-state index is 0.377. The number of nitrogens with one attached hydrogen (secondary N) is 2. The van der Waals surface area contributed by atoms with Crippen LogP contribution in [0.3, 0.4) is 0 Å². The molecule has 36 heavy (non-hydrogen) atoms. The molecule has 3 aromatic heterocycles. The fourth-order valence-corrected chi connectivity index (χ4v) is 5.02. The Morgan fingerprint density at radius 2 is 1.78 bits per heavy atom. The van der Waals surface area contributed by atoms with Gasteiger partial charge >= 0.3 is 0 Å². The highest BCUT2D eigenvalue weighted by atomic mass is 15.3. The van der Waals surface area contributed by atoms with E-state index < -0.39 is 0 Å². The molecule has 2 N–H and O–H groups in total. The molecule has 5 aromatic rings. The molecular formula is C27H29N9. The van der Waals surface area contributed by atoms with Crippen LogP contribution >= 0.6 is 0 Å². The van der Waals surface area contributed by atoms with E-state index in [0.29, 0.717) is 11.9 Å². The van der Waals surface area contributed by atoms with Crippen LogP contribution in [-0.4, -0.2) is 55.9 Å². The molecule has 0 atom stereocenters. The molecule has 182 valence electrons. The third-order valence-corrected chi connectivity index (χ3v) is 6.67. The number of hydrogen-bond donors (Lipinski definition) is 2. The summed E-state index contributed by atoms with van der Waals surface area (Å²) < 4.78 is 1.98. The molecule has 1 fully saturated rings. The van der Waals surface area contributed by atoms with Crippen molar-refractivity contribution in [3.8, 4) is 11.3 Å². The first-order valence-electron chi connectivity index (χ1n) is 12.3. The third-order valence-electron chi connectivity index (χ3n) is 6.67. The normalized spacial score (nSPS) is 14.2. The van der Waals surface area contributed by atoms with E-state index >= 15 is 0 Å². The highest BCUT2D eigenvalue weighted by molar-refractivity contribution is 5.92. The summed E-state index contributed by atoms with van der Waals surface area (Å²) in [4.78, 5) is 20.6. The smallest absolute Gasteiger partial charge is 0.227 e. The summed E-state index contributed by atoms with van der Waals surface area (Å²) in [6.45, 7) is 8.19. The zero-order chi connectivity index (χ0) is 24.6. The number of aromatic nitrogens is 6. The lowest BCUT2D eigenvalue weighted by Gasteiger charge is -2.29. The van der Waals surface area contributed by atoms with E-state index in [1.165, 1.54) is 5.69 Å². The van der Waals surface area contributed by atoms with E-state index in [1.807, 2.05) is 29.9 Å². The minimum atomic E-state index is 0.377. The molecule has 0 amide bonds. The Bertz CT molecular complexity index is 1550. The molecule has 6 rings (SSSR count). The number of hydrogen-bond acceptors (Lipinski definition) is 8. The predicted octanol–water partition coefficient (Wildman–Crippen LogP) is 4.25. The van der Waals surface area contributed by atoms with Crippen molar-refractivity contribution in [2.45, 2.75) is 19.8 Å². The van der Waals surface area contributed by atoms with Gasteiger partial charge in [0.2, 0.25) is 5.95 Å². The van der Waals surface area contributed by atoms with Crippen LogP contribution in [0.15, 0.2) is 55.0 Å². The Morgan fingerprint density at radius 1 is 0.917 bits per heavy atom. The van der Waals surface area contributed by atoms with Crippen LogP contribution in [-0.2, 0) is 7.05 Å². The molecule has 9 heteroatoms. The van der Waals surface area contributed by atoms with E-state index in [0.717, 1.165) is 70.7 Å². The third kappa shape index (κ3) is 4.11. The van der Waals surface area contributed by atoms with Crippen LogP contribution in [0.25, 0.3) is 33.1 Å². The first-order chi connectivity index (χ1) is 17.6. The first kappa shape index (κ1) is 22.4. The minimum Gasteiger partial charge on any atom is -0.353 e. The van der Waals surface area contributed by atoms with E-state index in [9.17, 15) is 0 Å². The van der Waals surface area contributed by atoms with Gasteiger partial charge in [0.1, 0.15) is 12.1 Å². The molecule has 1 saturated heterocycles. The lowest BCUT2D eigenvalue weighted by Crippen LogP contribution is -2.44. The van der Waals surface area contributed by atoms with Gasteiger partial charge < -0.3 is 15.5 Å². The molecule has 9 nitrogen and oxygen atoms in total. The van der Waals surface area contributed by atoms with Crippen LogP contribution in [0.5, 0.6) is 0 Å². The van der Waals surface area contributed by atoms with Crippen molar-refractivity contribution in [3.05, 3.63) is 60.7 Å². The van der Waals surface area contributed by atoms with Crippen molar-refractivity contribution in [1.82, 2.24) is 35.0 Å². The fraction of sp³-hybridized carbons (Fsp3) is 0.296. The molecule has 1 aliphatic rings. The Labute approximate surface area is 209 Å². The van der Waals surface area contributed by atoms with Crippen molar-refractivity contribution >= 4 is 39.3 Å². The summed E-state index contributed by atoms with van der Waals surface area (Å²) in [7, 11) is 2.00. The summed E-state index contributed by atoms with van der Waals surface area (Å²) in [5.41, 5.74) is 5.89. The Hall–Kier alpha value is -4.11. The number of fused-ring (bicyclic) bond motifs is 2. The SMILES string of the molecule is CC(C)c1c2cc(-c3ccnc(Nc4ccc5c(N6CCNCC6)ncnc5c4)n3)ccc2nn1C. The second-order valence-electron chi connectivity index (χ2n) is 9.45. The van der Waals surface area contributed by atoms with Gasteiger partial charge in [-0.1, -0.05) is 19.9 Å². The first-order valence-corrected chi connectivity index (χ1v) is 12.3. The van der Waals surface area contributed by atoms with E-state index in [1.54, 1.807) is 12.5 Å². The molecule has 0 bridgehead atoms. The van der Waals surface area contributed by atoms with E-state index in [4.69, 9.17) is 4.98 Å². The van der Waals surface area contributed by atoms with E-state index in [2.05, 4.69) is 73.7 Å². The number of anilines is 3. The fourth-order valence-electron chi connectivity index (χ4n) is 5.02. The maximum absolute atomic E-state index is 4.80. The van der Waals surface area contributed by atoms with Gasteiger partial charge in [0.15, 0.2) is 0 Å². The lowest BCUT2D eigenvalue weighted by atomic mass is 10.0. The van der Waals surface area contributed by atoms with Gasteiger partial charge in [0.05, 0.1) is 16.7 Å². The summed E-state index contributed by atoms with van der Waals surface area (Å²) in [5, 5.41) is 13.6. The highest BCUT2D eigenvalue weighted by Gasteiger charge is 2.16. The van der Waals surface area contributed by atoms with E-state index in [-0.39, 0.29) is 0 Å². The number of nitrogens with zero attached hydrogens (tertiary/aromatic N) is 7. The van der Waals surface area contributed by atoms with Gasteiger partial charge in [-0.15, -0.1) is 0 Å². The summed E-state index contributed by atoms with van der Waals surface area (Å²) >= 11 is 0. The monoisotopic (exact) mass is 479 g/mol. The molecule has 0 spiro atoms.